The van der Waals surface area contributed by atoms with Gasteiger partial charge in [0, 0.05) is 26.7 Å². The summed E-state index contributed by atoms with van der Waals surface area (Å²) >= 11 is 0. The summed E-state index contributed by atoms with van der Waals surface area (Å²) < 4.78 is 10.0. The minimum atomic E-state index is 0.0415. The molecule has 0 bridgehead atoms. The summed E-state index contributed by atoms with van der Waals surface area (Å²) in [4.78, 5) is 13.4. The second-order valence-corrected chi connectivity index (χ2v) is 3.70. The van der Waals surface area contributed by atoms with Gasteiger partial charge in [-0.3, -0.25) is 4.79 Å². The summed E-state index contributed by atoms with van der Waals surface area (Å²) in [6.07, 6.45) is 1.03. The van der Waals surface area contributed by atoms with E-state index in [2.05, 4.69) is 5.32 Å². The van der Waals surface area contributed by atoms with E-state index < -0.39 is 0 Å². The molecule has 0 radical (unpaired) electrons. The van der Waals surface area contributed by atoms with Crippen molar-refractivity contribution in [3.05, 3.63) is 0 Å². The zero-order chi connectivity index (χ0) is 11.1. The number of amides is 1. The highest BCUT2D eigenvalue weighted by molar-refractivity contribution is 5.77. The van der Waals surface area contributed by atoms with Gasteiger partial charge in [0.2, 0.25) is 5.91 Å². The van der Waals surface area contributed by atoms with Crippen LogP contribution < -0.4 is 5.32 Å². The fourth-order valence-corrected chi connectivity index (χ4v) is 1.58. The second-order valence-electron chi connectivity index (χ2n) is 3.70. The first kappa shape index (κ1) is 12.4. The summed E-state index contributed by atoms with van der Waals surface area (Å²) in [5.74, 6) is 0.0415. The maximum atomic E-state index is 11.6. The van der Waals surface area contributed by atoms with Crippen molar-refractivity contribution in [3.8, 4) is 0 Å². The SMILES string of the molecule is COCCOCC(=O)N(C)C1CCNC1. The smallest absolute Gasteiger partial charge is 0.248 e. The van der Waals surface area contributed by atoms with Crippen LogP contribution in [-0.4, -0.2) is 63.9 Å². The van der Waals surface area contributed by atoms with Crippen LogP contribution in [0.5, 0.6) is 0 Å². The van der Waals surface area contributed by atoms with Gasteiger partial charge < -0.3 is 19.7 Å². The molecule has 1 amide bonds. The number of likely N-dealkylation sites (N-methyl/N-ethyl adjacent to an activating group) is 1. The van der Waals surface area contributed by atoms with Crippen molar-refractivity contribution >= 4 is 5.91 Å². The molecule has 1 N–H and O–H groups in total. The number of carbonyl (C=O) groups excluding carboxylic acids is 1. The minimum absolute atomic E-state index is 0.0415. The maximum absolute atomic E-state index is 11.6. The van der Waals surface area contributed by atoms with Crippen LogP contribution in [0.2, 0.25) is 0 Å². The van der Waals surface area contributed by atoms with Crippen LogP contribution in [0.15, 0.2) is 0 Å². The molecular weight excluding hydrogens is 196 g/mol. The number of carbonyl (C=O) groups is 1. The third kappa shape index (κ3) is 4.15. The first-order valence-corrected chi connectivity index (χ1v) is 5.28. The maximum Gasteiger partial charge on any atom is 0.248 e. The predicted octanol–water partition coefficient (Wildman–Crippen LogP) is -0.530. The van der Waals surface area contributed by atoms with Crippen LogP contribution >= 0.6 is 0 Å². The molecule has 0 saturated carbocycles. The van der Waals surface area contributed by atoms with Gasteiger partial charge in [0.15, 0.2) is 0 Å². The van der Waals surface area contributed by atoms with Gasteiger partial charge in [0.05, 0.1) is 13.2 Å². The molecule has 1 unspecified atom stereocenters. The Morgan fingerprint density at radius 2 is 2.33 bits per heavy atom. The molecule has 1 rings (SSSR count). The summed E-state index contributed by atoms with van der Waals surface area (Å²) in [6.45, 7) is 3.03. The number of methoxy groups -OCH3 is 1. The number of ether oxygens (including phenoxy) is 2. The fraction of sp³-hybridized carbons (Fsp3) is 0.900. The number of hydrogen-bond donors (Lipinski definition) is 1. The van der Waals surface area contributed by atoms with E-state index in [1.54, 1.807) is 12.0 Å². The Kier molecular flexibility index (Phi) is 5.60. The molecule has 0 spiro atoms. The molecule has 0 aromatic carbocycles. The zero-order valence-electron chi connectivity index (χ0n) is 9.49. The second kappa shape index (κ2) is 6.76. The van der Waals surface area contributed by atoms with Gasteiger partial charge in [0.25, 0.3) is 0 Å². The molecule has 0 aliphatic carbocycles. The quantitative estimate of drug-likeness (QED) is 0.606. The molecule has 1 heterocycles. The molecule has 1 atom stereocenters. The first-order chi connectivity index (χ1) is 7.25. The van der Waals surface area contributed by atoms with Crippen molar-refractivity contribution < 1.29 is 14.3 Å². The van der Waals surface area contributed by atoms with Crippen LogP contribution in [-0.2, 0) is 14.3 Å². The van der Waals surface area contributed by atoms with Crippen molar-refractivity contribution in [1.29, 1.82) is 0 Å². The van der Waals surface area contributed by atoms with E-state index in [1.165, 1.54) is 0 Å². The topological polar surface area (TPSA) is 50.8 Å². The lowest BCUT2D eigenvalue weighted by atomic mass is 10.2. The van der Waals surface area contributed by atoms with Gasteiger partial charge in [-0.25, -0.2) is 0 Å². The number of hydrogen-bond acceptors (Lipinski definition) is 4. The van der Waals surface area contributed by atoms with Gasteiger partial charge in [-0.05, 0) is 13.0 Å². The first-order valence-electron chi connectivity index (χ1n) is 5.28. The molecule has 5 nitrogen and oxygen atoms in total. The number of nitrogens with zero attached hydrogens (tertiary/aromatic N) is 1. The molecule has 88 valence electrons. The van der Waals surface area contributed by atoms with Crippen molar-refractivity contribution in [2.45, 2.75) is 12.5 Å². The average Bonchev–Trinajstić information content (AvgIpc) is 2.76. The molecular formula is C10H20N2O3. The largest absolute Gasteiger partial charge is 0.382 e. The molecule has 1 aliphatic heterocycles. The van der Waals surface area contributed by atoms with E-state index in [0.29, 0.717) is 19.3 Å². The Balaban J connectivity index is 2.14. The van der Waals surface area contributed by atoms with E-state index in [1.807, 2.05) is 7.05 Å². The molecule has 1 saturated heterocycles. The van der Waals surface area contributed by atoms with E-state index >= 15 is 0 Å². The molecule has 1 fully saturated rings. The Morgan fingerprint density at radius 3 is 2.93 bits per heavy atom. The van der Waals surface area contributed by atoms with Gasteiger partial charge in [-0.2, -0.15) is 0 Å². The highest BCUT2D eigenvalue weighted by Crippen LogP contribution is 2.06. The van der Waals surface area contributed by atoms with Crippen molar-refractivity contribution in [1.82, 2.24) is 10.2 Å². The van der Waals surface area contributed by atoms with Crippen LogP contribution in [0.3, 0.4) is 0 Å². The van der Waals surface area contributed by atoms with Crippen LogP contribution in [0.25, 0.3) is 0 Å². The van der Waals surface area contributed by atoms with Gasteiger partial charge in [0.1, 0.15) is 6.61 Å². The number of rotatable bonds is 6. The lowest BCUT2D eigenvalue weighted by Gasteiger charge is -2.23. The van der Waals surface area contributed by atoms with E-state index in [9.17, 15) is 4.79 Å². The summed E-state index contributed by atoms with van der Waals surface area (Å²) in [7, 11) is 3.45. The molecule has 0 aromatic rings. The van der Waals surface area contributed by atoms with Crippen molar-refractivity contribution in [3.63, 3.8) is 0 Å². The lowest BCUT2D eigenvalue weighted by molar-refractivity contribution is -0.137. The van der Waals surface area contributed by atoms with Crippen LogP contribution in [0.4, 0.5) is 0 Å². The molecule has 1 aliphatic rings. The fourth-order valence-electron chi connectivity index (χ4n) is 1.58. The van der Waals surface area contributed by atoms with Crippen molar-refractivity contribution in [2.75, 3.05) is 47.1 Å². The monoisotopic (exact) mass is 216 g/mol. The van der Waals surface area contributed by atoms with Gasteiger partial charge in [-0.1, -0.05) is 0 Å². The summed E-state index contributed by atoms with van der Waals surface area (Å²) in [5.41, 5.74) is 0. The molecule has 15 heavy (non-hydrogen) atoms. The lowest BCUT2D eigenvalue weighted by Crippen LogP contribution is -2.40. The standard InChI is InChI=1S/C10H20N2O3/c1-12(9-3-4-11-7-9)10(13)8-15-6-5-14-2/h9,11H,3-8H2,1-2H3. The Bertz CT molecular complexity index is 193. The highest BCUT2D eigenvalue weighted by Gasteiger charge is 2.22. The van der Waals surface area contributed by atoms with Crippen LogP contribution in [0.1, 0.15) is 6.42 Å². The summed E-state index contributed by atoms with van der Waals surface area (Å²) in [5, 5.41) is 3.23. The van der Waals surface area contributed by atoms with E-state index in [0.717, 1.165) is 19.5 Å². The Morgan fingerprint density at radius 1 is 1.53 bits per heavy atom. The number of nitrogens with one attached hydrogen (secondary N) is 1. The third-order valence-electron chi connectivity index (χ3n) is 2.63. The van der Waals surface area contributed by atoms with Crippen LogP contribution in [0, 0.1) is 0 Å². The minimum Gasteiger partial charge on any atom is -0.382 e. The van der Waals surface area contributed by atoms with E-state index in [4.69, 9.17) is 9.47 Å². The highest BCUT2D eigenvalue weighted by atomic mass is 16.5. The Hall–Kier alpha value is -0.650. The summed E-state index contributed by atoms with van der Waals surface area (Å²) in [6, 6.07) is 0.323. The van der Waals surface area contributed by atoms with Gasteiger partial charge in [-0.15, -0.1) is 0 Å². The molecule has 5 heteroatoms. The predicted molar refractivity (Wildman–Crippen MR) is 56.7 cm³/mol. The third-order valence-corrected chi connectivity index (χ3v) is 2.63. The molecule has 0 aromatic heterocycles. The zero-order valence-corrected chi connectivity index (χ0v) is 9.49. The Labute approximate surface area is 90.7 Å². The van der Waals surface area contributed by atoms with Gasteiger partial charge >= 0.3 is 0 Å². The van der Waals surface area contributed by atoms with Crippen molar-refractivity contribution in [2.24, 2.45) is 0 Å². The average molecular weight is 216 g/mol. The van der Waals surface area contributed by atoms with E-state index in [-0.39, 0.29) is 12.5 Å². The normalized spacial score (nSPS) is 20.5.